The van der Waals surface area contributed by atoms with Crippen molar-refractivity contribution < 1.29 is 13.3 Å². The molecule has 21 heavy (non-hydrogen) atoms. The number of nitrogens with two attached hydrogens (primary N) is 1. The van der Waals surface area contributed by atoms with Gasteiger partial charge >= 0.3 is 0 Å². The third kappa shape index (κ3) is 3.92. The number of hydrogen-bond acceptors (Lipinski definition) is 5. The standard InChI is InChI=1S/C13H21N3O4S/c1-9(2)8-15(10(3)4)21(19,20)13-7-11(16(17)18)5-6-12(13)14/h5-7,9-10H,8,14H2,1-4H3. The van der Waals surface area contributed by atoms with Crippen molar-refractivity contribution >= 4 is 21.4 Å². The molecule has 1 rings (SSSR count). The van der Waals surface area contributed by atoms with E-state index >= 15 is 0 Å². The van der Waals surface area contributed by atoms with Gasteiger partial charge in [-0.05, 0) is 25.8 Å². The lowest BCUT2D eigenvalue weighted by molar-refractivity contribution is -0.385. The number of nitrogens with zero attached hydrogens (tertiary/aromatic N) is 2. The maximum Gasteiger partial charge on any atom is 0.270 e. The molecular formula is C13H21N3O4S. The van der Waals surface area contributed by atoms with E-state index in [2.05, 4.69) is 0 Å². The van der Waals surface area contributed by atoms with Crippen molar-refractivity contribution in [2.45, 2.75) is 38.6 Å². The number of nitro benzene ring substituents is 1. The molecule has 0 aliphatic heterocycles. The first-order valence-electron chi connectivity index (χ1n) is 6.63. The van der Waals surface area contributed by atoms with Crippen LogP contribution in [-0.4, -0.2) is 30.2 Å². The van der Waals surface area contributed by atoms with Crippen LogP contribution in [0.15, 0.2) is 23.1 Å². The number of nitro groups is 1. The Balaban J connectivity index is 3.40. The third-order valence-electron chi connectivity index (χ3n) is 2.92. The van der Waals surface area contributed by atoms with Gasteiger partial charge in [-0.25, -0.2) is 8.42 Å². The van der Waals surface area contributed by atoms with E-state index in [1.807, 2.05) is 13.8 Å². The summed E-state index contributed by atoms with van der Waals surface area (Å²) in [4.78, 5) is 9.97. The molecule has 1 aromatic carbocycles. The van der Waals surface area contributed by atoms with Crippen LogP contribution < -0.4 is 5.73 Å². The number of sulfonamides is 1. The minimum atomic E-state index is -3.88. The van der Waals surface area contributed by atoms with Crippen LogP contribution >= 0.6 is 0 Å². The first-order valence-corrected chi connectivity index (χ1v) is 8.07. The minimum absolute atomic E-state index is 0.00926. The highest BCUT2D eigenvalue weighted by Gasteiger charge is 2.30. The second-order valence-corrected chi connectivity index (χ2v) is 7.40. The van der Waals surface area contributed by atoms with Gasteiger partial charge in [0.15, 0.2) is 0 Å². The molecule has 0 amide bonds. The summed E-state index contributed by atoms with van der Waals surface area (Å²) < 4.78 is 26.8. The topological polar surface area (TPSA) is 107 Å². The molecule has 0 bridgehead atoms. The lowest BCUT2D eigenvalue weighted by Gasteiger charge is -2.27. The molecule has 0 saturated heterocycles. The quantitative estimate of drug-likeness (QED) is 0.492. The maximum atomic E-state index is 12.7. The Labute approximate surface area is 124 Å². The predicted octanol–water partition coefficient (Wildman–Crippen LogP) is 2.23. The van der Waals surface area contributed by atoms with E-state index in [0.717, 1.165) is 6.07 Å². The van der Waals surface area contributed by atoms with Gasteiger partial charge in [-0.3, -0.25) is 10.1 Å². The number of nitrogen functional groups attached to an aromatic ring is 1. The molecule has 0 heterocycles. The van der Waals surface area contributed by atoms with Crippen molar-refractivity contribution in [3.05, 3.63) is 28.3 Å². The van der Waals surface area contributed by atoms with Crippen LogP contribution in [-0.2, 0) is 10.0 Å². The van der Waals surface area contributed by atoms with Crippen LogP contribution in [0.4, 0.5) is 11.4 Å². The molecule has 118 valence electrons. The molecule has 7 nitrogen and oxygen atoms in total. The lowest BCUT2D eigenvalue weighted by atomic mass is 10.2. The average Bonchev–Trinajstić information content (AvgIpc) is 2.35. The first kappa shape index (κ1) is 17.4. The molecule has 0 aromatic heterocycles. The molecule has 2 N–H and O–H groups in total. The van der Waals surface area contributed by atoms with Crippen molar-refractivity contribution in [2.24, 2.45) is 5.92 Å². The van der Waals surface area contributed by atoms with Crippen molar-refractivity contribution in [3.63, 3.8) is 0 Å². The monoisotopic (exact) mass is 315 g/mol. The van der Waals surface area contributed by atoms with Crippen LogP contribution in [0.2, 0.25) is 0 Å². The molecular weight excluding hydrogens is 294 g/mol. The number of anilines is 1. The van der Waals surface area contributed by atoms with Gasteiger partial charge < -0.3 is 5.73 Å². The molecule has 0 aliphatic rings. The number of rotatable bonds is 6. The van der Waals surface area contributed by atoms with Crippen LogP contribution in [0.25, 0.3) is 0 Å². The van der Waals surface area contributed by atoms with Crippen LogP contribution in [0.3, 0.4) is 0 Å². The highest BCUT2D eigenvalue weighted by molar-refractivity contribution is 7.89. The van der Waals surface area contributed by atoms with Gasteiger partial charge in [-0.1, -0.05) is 13.8 Å². The summed E-state index contributed by atoms with van der Waals surface area (Å²) in [6.45, 7) is 7.65. The second kappa shape index (κ2) is 6.40. The molecule has 0 atom stereocenters. The average molecular weight is 315 g/mol. The van der Waals surface area contributed by atoms with E-state index in [1.54, 1.807) is 13.8 Å². The van der Waals surface area contributed by atoms with E-state index < -0.39 is 14.9 Å². The Morgan fingerprint density at radius 2 is 1.86 bits per heavy atom. The molecule has 0 saturated carbocycles. The van der Waals surface area contributed by atoms with Crippen molar-refractivity contribution in [1.82, 2.24) is 4.31 Å². The zero-order valence-electron chi connectivity index (χ0n) is 12.6. The first-order chi connectivity index (χ1) is 9.57. The molecule has 0 spiro atoms. The summed E-state index contributed by atoms with van der Waals surface area (Å²) in [7, 11) is -3.88. The summed E-state index contributed by atoms with van der Waals surface area (Å²) >= 11 is 0. The van der Waals surface area contributed by atoms with Gasteiger partial charge in [0, 0.05) is 24.7 Å². The minimum Gasteiger partial charge on any atom is -0.398 e. The van der Waals surface area contributed by atoms with Gasteiger partial charge in [0.1, 0.15) is 4.90 Å². The van der Waals surface area contributed by atoms with Crippen LogP contribution in [0, 0.1) is 16.0 Å². The maximum absolute atomic E-state index is 12.7. The highest BCUT2D eigenvalue weighted by atomic mass is 32.2. The summed E-state index contributed by atoms with van der Waals surface area (Å²) in [6.07, 6.45) is 0. The zero-order valence-corrected chi connectivity index (χ0v) is 13.4. The van der Waals surface area contributed by atoms with E-state index in [1.165, 1.54) is 16.4 Å². The predicted molar refractivity (Wildman–Crippen MR) is 81.4 cm³/mol. The lowest BCUT2D eigenvalue weighted by Crippen LogP contribution is -2.39. The summed E-state index contributed by atoms with van der Waals surface area (Å²) in [5, 5.41) is 10.8. The van der Waals surface area contributed by atoms with E-state index in [-0.39, 0.29) is 28.2 Å². The van der Waals surface area contributed by atoms with Gasteiger partial charge in [0.05, 0.1) is 10.6 Å². The van der Waals surface area contributed by atoms with Gasteiger partial charge in [-0.2, -0.15) is 4.31 Å². The molecule has 0 aliphatic carbocycles. The van der Waals surface area contributed by atoms with Gasteiger partial charge in [0.2, 0.25) is 10.0 Å². The summed E-state index contributed by atoms with van der Waals surface area (Å²) in [5.74, 6) is 0.127. The smallest absolute Gasteiger partial charge is 0.270 e. The fourth-order valence-electron chi connectivity index (χ4n) is 1.93. The zero-order chi connectivity index (χ0) is 16.4. The van der Waals surface area contributed by atoms with Crippen molar-refractivity contribution in [1.29, 1.82) is 0 Å². The van der Waals surface area contributed by atoms with E-state index in [4.69, 9.17) is 5.73 Å². The van der Waals surface area contributed by atoms with Gasteiger partial charge in [-0.15, -0.1) is 0 Å². The summed E-state index contributed by atoms with van der Waals surface area (Å²) in [5.41, 5.74) is 5.43. The fraction of sp³-hybridized carbons (Fsp3) is 0.538. The summed E-state index contributed by atoms with van der Waals surface area (Å²) in [6, 6.07) is 3.19. The Hall–Kier alpha value is -1.67. The molecule has 0 radical (unpaired) electrons. The normalized spacial score (nSPS) is 12.3. The van der Waals surface area contributed by atoms with Crippen molar-refractivity contribution in [3.8, 4) is 0 Å². The van der Waals surface area contributed by atoms with Crippen LogP contribution in [0.1, 0.15) is 27.7 Å². The van der Waals surface area contributed by atoms with Crippen LogP contribution in [0.5, 0.6) is 0 Å². The molecule has 0 unspecified atom stereocenters. The largest absolute Gasteiger partial charge is 0.398 e. The molecule has 1 aromatic rings. The number of benzene rings is 1. The third-order valence-corrected chi connectivity index (χ3v) is 5.01. The second-order valence-electron chi connectivity index (χ2n) is 5.54. The Kier molecular flexibility index (Phi) is 5.30. The molecule has 8 heteroatoms. The number of hydrogen-bond donors (Lipinski definition) is 1. The van der Waals surface area contributed by atoms with Crippen molar-refractivity contribution in [2.75, 3.05) is 12.3 Å². The fourth-order valence-corrected chi connectivity index (χ4v) is 3.87. The van der Waals surface area contributed by atoms with E-state index in [9.17, 15) is 18.5 Å². The Morgan fingerprint density at radius 3 is 2.29 bits per heavy atom. The van der Waals surface area contributed by atoms with E-state index in [0.29, 0.717) is 6.54 Å². The number of non-ortho nitro benzene ring substituents is 1. The Morgan fingerprint density at radius 1 is 1.29 bits per heavy atom. The Bertz CT molecular complexity index is 626. The SMILES string of the molecule is CC(C)CN(C(C)C)S(=O)(=O)c1cc([N+](=O)[O-])ccc1N. The molecule has 0 fully saturated rings. The van der Waals surface area contributed by atoms with Gasteiger partial charge in [0.25, 0.3) is 5.69 Å². The highest BCUT2D eigenvalue weighted by Crippen LogP contribution is 2.28.